The van der Waals surface area contributed by atoms with E-state index in [0.717, 1.165) is 19.6 Å². The van der Waals surface area contributed by atoms with Crippen molar-refractivity contribution in [2.45, 2.75) is 46.8 Å². The average molecular weight is 277 g/mol. The molecular formula is C11H32N4Si2. The number of nitrogens with zero attached hydrogens (tertiary/aromatic N) is 1. The van der Waals surface area contributed by atoms with Crippen LogP contribution >= 0.6 is 0 Å². The molecule has 0 aromatic carbocycles. The van der Waals surface area contributed by atoms with Crippen LogP contribution in [0.4, 0.5) is 0 Å². The molecule has 4 nitrogen and oxygen atoms in total. The minimum atomic E-state index is -1.91. The molecule has 0 rings (SSSR count). The minimum absolute atomic E-state index is 1.00. The summed E-state index contributed by atoms with van der Waals surface area (Å²) < 4.78 is 6.52. The predicted molar refractivity (Wildman–Crippen MR) is 82.5 cm³/mol. The van der Waals surface area contributed by atoms with E-state index in [4.69, 9.17) is 0 Å². The summed E-state index contributed by atoms with van der Waals surface area (Å²) in [6.07, 6.45) is 1.20. The molecule has 0 aromatic rings. The Labute approximate surface area is 110 Å². The fourth-order valence-electron chi connectivity index (χ4n) is 2.18. The third-order valence-electron chi connectivity index (χ3n) is 2.70. The summed E-state index contributed by atoms with van der Waals surface area (Å²) in [6, 6.07) is 0. The van der Waals surface area contributed by atoms with Crippen molar-refractivity contribution in [2.75, 3.05) is 26.7 Å². The van der Waals surface area contributed by atoms with E-state index in [0.29, 0.717) is 0 Å². The first kappa shape index (κ1) is 17.3. The van der Waals surface area contributed by atoms with Crippen molar-refractivity contribution in [1.82, 2.24) is 19.2 Å². The second-order valence-corrected chi connectivity index (χ2v) is 13.9. The van der Waals surface area contributed by atoms with Crippen molar-refractivity contribution < 1.29 is 0 Å². The van der Waals surface area contributed by atoms with Gasteiger partial charge in [0.2, 0.25) is 0 Å². The van der Waals surface area contributed by atoms with E-state index in [1.54, 1.807) is 0 Å². The molecular weight excluding hydrogens is 244 g/mol. The van der Waals surface area contributed by atoms with Crippen LogP contribution in [0.1, 0.15) is 27.2 Å². The van der Waals surface area contributed by atoms with Crippen LogP contribution in [0.25, 0.3) is 0 Å². The standard InChI is InChI=1S/C11H32N4Si2/c1-8-11-15(10-3)17(12-4,13-9-2)14-16(5,6)7/h12-14H,8-11H2,1-7H3. The van der Waals surface area contributed by atoms with Crippen LogP contribution in [-0.2, 0) is 0 Å². The molecule has 0 aliphatic heterocycles. The predicted octanol–water partition coefficient (Wildman–Crippen LogP) is 1.41. The van der Waals surface area contributed by atoms with E-state index in [1.165, 1.54) is 6.42 Å². The van der Waals surface area contributed by atoms with Gasteiger partial charge in [-0.25, -0.2) is 0 Å². The first-order valence-corrected chi connectivity index (χ1v) is 12.3. The Bertz CT molecular complexity index is 208. The number of hydrogen-bond donors (Lipinski definition) is 3. The van der Waals surface area contributed by atoms with E-state index in [1.807, 2.05) is 0 Å². The van der Waals surface area contributed by atoms with Gasteiger partial charge in [0.05, 0.1) is 0 Å². The molecule has 6 heteroatoms. The van der Waals surface area contributed by atoms with Gasteiger partial charge in [-0.15, -0.1) is 0 Å². The molecule has 0 radical (unpaired) electrons. The lowest BCUT2D eigenvalue weighted by Crippen LogP contribution is -2.84. The highest BCUT2D eigenvalue weighted by Crippen LogP contribution is 2.06. The lowest BCUT2D eigenvalue weighted by atomic mass is 10.5. The Morgan fingerprint density at radius 1 is 1.06 bits per heavy atom. The van der Waals surface area contributed by atoms with Gasteiger partial charge in [0.1, 0.15) is 8.24 Å². The van der Waals surface area contributed by atoms with Crippen molar-refractivity contribution in [1.29, 1.82) is 0 Å². The van der Waals surface area contributed by atoms with Gasteiger partial charge in [-0.3, -0.25) is 4.57 Å². The quantitative estimate of drug-likeness (QED) is 0.557. The molecule has 0 amide bonds. The van der Waals surface area contributed by atoms with Gasteiger partial charge in [0.25, 0.3) is 0 Å². The molecule has 1 unspecified atom stereocenters. The molecule has 0 spiro atoms. The maximum Gasteiger partial charge on any atom is 0.361 e. The third-order valence-corrected chi connectivity index (χ3v) is 10.2. The summed E-state index contributed by atoms with van der Waals surface area (Å²) in [4.78, 5) is 7.30. The van der Waals surface area contributed by atoms with Crippen molar-refractivity contribution in [3.05, 3.63) is 0 Å². The summed E-state index contributed by atoms with van der Waals surface area (Å²) >= 11 is 0. The zero-order valence-corrected chi connectivity index (χ0v) is 14.8. The Hall–Kier alpha value is 0.274. The van der Waals surface area contributed by atoms with Crippen LogP contribution < -0.4 is 14.6 Å². The van der Waals surface area contributed by atoms with Crippen molar-refractivity contribution in [3.63, 3.8) is 0 Å². The Kier molecular flexibility index (Phi) is 7.78. The number of hydrogen-bond acceptors (Lipinski definition) is 4. The normalized spacial score (nSPS) is 16.2. The van der Waals surface area contributed by atoms with Gasteiger partial charge in [0.15, 0.2) is 0 Å². The van der Waals surface area contributed by atoms with Crippen molar-refractivity contribution >= 4 is 17.0 Å². The summed E-state index contributed by atoms with van der Waals surface area (Å²) in [5.41, 5.74) is 0. The number of nitrogens with one attached hydrogen (secondary N) is 3. The fraction of sp³-hybridized carbons (Fsp3) is 1.00. The Morgan fingerprint density at radius 3 is 1.94 bits per heavy atom. The minimum Gasteiger partial charge on any atom is -0.322 e. The monoisotopic (exact) mass is 276 g/mol. The van der Waals surface area contributed by atoms with Crippen LogP contribution in [0.3, 0.4) is 0 Å². The Morgan fingerprint density at radius 2 is 1.65 bits per heavy atom. The second kappa shape index (κ2) is 7.65. The molecule has 0 aliphatic rings. The van der Waals surface area contributed by atoms with Crippen molar-refractivity contribution in [3.8, 4) is 0 Å². The molecule has 0 aromatic heterocycles. The molecule has 0 fully saturated rings. The molecule has 0 bridgehead atoms. The SMILES string of the molecule is CCCN(CC)[Si](NC)(NCC)N[Si](C)(C)C. The summed E-state index contributed by atoms with van der Waals surface area (Å²) in [5, 5.41) is 0. The maximum atomic E-state index is 3.94. The van der Waals surface area contributed by atoms with Crippen LogP contribution in [-0.4, -0.2) is 48.2 Å². The van der Waals surface area contributed by atoms with Crippen LogP contribution in [0.5, 0.6) is 0 Å². The lowest BCUT2D eigenvalue weighted by molar-refractivity contribution is 0.408. The topological polar surface area (TPSA) is 39.3 Å². The van der Waals surface area contributed by atoms with E-state index >= 15 is 0 Å². The van der Waals surface area contributed by atoms with Crippen LogP contribution in [0.2, 0.25) is 19.6 Å². The lowest BCUT2D eigenvalue weighted by Gasteiger charge is -2.44. The van der Waals surface area contributed by atoms with Gasteiger partial charge in [-0.2, -0.15) is 0 Å². The molecule has 0 saturated carbocycles. The molecule has 0 aliphatic carbocycles. The smallest absolute Gasteiger partial charge is 0.322 e. The van der Waals surface area contributed by atoms with Gasteiger partial charge >= 0.3 is 8.72 Å². The van der Waals surface area contributed by atoms with E-state index in [9.17, 15) is 0 Å². The number of rotatable bonds is 9. The van der Waals surface area contributed by atoms with E-state index in [2.05, 4.69) is 66.6 Å². The first-order valence-electron chi connectivity index (χ1n) is 6.83. The zero-order chi connectivity index (χ0) is 13.5. The van der Waals surface area contributed by atoms with Crippen molar-refractivity contribution in [2.24, 2.45) is 0 Å². The molecule has 1 atom stereocenters. The second-order valence-electron chi connectivity index (χ2n) is 5.45. The first-order chi connectivity index (χ1) is 7.85. The van der Waals surface area contributed by atoms with Gasteiger partial charge in [0, 0.05) is 0 Å². The van der Waals surface area contributed by atoms with E-state index < -0.39 is 17.0 Å². The molecule has 0 saturated heterocycles. The Balaban J connectivity index is 5.02. The zero-order valence-electron chi connectivity index (χ0n) is 12.8. The summed E-state index contributed by atoms with van der Waals surface area (Å²) in [6.45, 7) is 17.0. The highest BCUT2D eigenvalue weighted by Gasteiger charge is 2.41. The average Bonchev–Trinajstić information content (AvgIpc) is 2.23. The highest BCUT2D eigenvalue weighted by atomic mass is 28.4. The van der Waals surface area contributed by atoms with Gasteiger partial charge < -0.3 is 14.6 Å². The summed E-state index contributed by atoms with van der Waals surface area (Å²) in [5.74, 6) is 0. The fourth-order valence-corrected chi connectivity index (χ4v) is 10.3. The van der Waals surface area contributed by atoms with Crippen LogP contribution in [0.15, 0.2) is 0 Å². The highest BCUT2D eigenvalue weighted by molar-refractivity contribution is 6.88. The van der Waals surface area contributed by atoms with E-state index in [-0.39, 0.29) is 0 Å². The summed E-state index contributed by atoms with van der Waals surface area (Å²) in [7, 11) is -1.14. The molecule has 104 valence electrons. The molecule has 17 heavy (non-hydrogen) atoms. The van der Waals surface area contributed by atoms with Crippen LogP contribution in [0, 0.1) is 0 Å². The molecule has 0 heterocycles. The third kappa shape index (κ3) is 5.63. The van der Waals surface area contributed by atoms with Gasteiger partial charge in [-0.05, 0) is 33.1 Å². The van der Waals surface area contributed by atoms with Gasteiger partial charge in [-0.1, -0.05) is 40.4 Å². The largest absolute Gasteiger partial charge is 0.361 e. The molecule has 3 N–H and O–H groups in total. The maximum absolute atomic E-state index is 3.94.